The molecule has 2 aromatic heterocycles. The van der Waals surface area contributed by atoms with Crippen molar-refractivity contribution in [3.63, 3.8) is 0 Å². The van der Waals surface area contributed by atoms with E-state index in [1.165, 1.54) is 11.8 Å². The van der Waals surface area contributed by atoms with Gasteiger partial charge in [-0.3, -0.25) is 14.9 Å². The van der Waals surface area contributed by atoms with E-state index in [0.717, 1.165) is 50.5 Å². The molecule has 3 aliphatic heterocycles. The van der Waals surface area contributed by atoms with Crippen molar-refractivity contribution in [2.45, 2.75) is 25.3 Å². The Hall–Kier alpha value is -3.31. The fourth-order valence-electron chi connectivity index (χ4n) is 5.27. The summed E-state index contributed by atoms with van der Waals surface area (Å²) >= 11 is 1.35. The van der Waals surface area contributed by atoms with Crippen LogP contribution in [0.1, 0.15) is 25.5 Å². The van der Waals surface area contributed by atoms with E-state index < -0.39 is 17.5 Å². The molecule has 2 N–H and O–H groups in total. The molecule has 5 heterocycles. The number of carbonyl (C=O) groups excluding carboxylic acids is 3. The number of furan rings is 1. The van der Waals surface area contributed by atoms with E-state index in [9.17, 15) is 14.4 Å². The third-order valence-electron chi connectivity index (χ3n) is 7.38. The van der Waals surface area contributed by atoms with Gasteiger partial charge in [-0.25, -0.2) is 9.78 Å². The van der Waals surface area contributed by atoms with Crippen LogP contribution in [0.25, 0.3) is 11.1 Å². The topological polar surface area (TPSA) is 111 Å². The number of carbonyl (C=O) groups is 3. The summed E-state index contributed by atoms with van der Waals surface area (Å²) in [6, 6.07) is 4.86. The Kier molecular flexibility index (Phi) is 7.00. The van der Waals surface area contributed by atoms with Gasteiger partial charge in [0.2, 0.25) is 0 Å². The molecule has 37 heavy (non-hydrogen) atoms. The number of amides is 4. The highest BCUT2D eigenvalue weighted by Crippen LogP contribution is 2.35. The number of fused-ring (bicyclic) bond motifs is 1. The quantitative estimate of drug-likeness (QED) is 0.532. The van der Waals surface area contributed by atoms with Crippen molar-refractivity contribution in [3.05, 3.63) is 47.1 Å². The van der Waals surface area contributed by atoms with Gasteiger partial charge in [0.1, 0.15) is 17.1 Å². The number of aromatic nitrogens is 1. The minimum Gasteiger partial charge on any atom is -0.456 e. The number of allylic oxidation sites excluding steroid dienone is 1. The van der Waals surface area contributed by atoms with Crippen LogP contribution >= 0.6 is 11.8 Å². The van der Waals surface area contributed by atoms with E-state index >= 15 is 0 Å². The van der Waals surface area contributed by atoms with Crippen molar-refractivity contribution >= 4 is 46.5 Å². The molecule has 11 heteroatoms. The van der Waals surface area contributed by atoms with Gasteiger partial charge in [0.15, 0.2) is 11.1 Å². The Balaban J connectivity index is 1.47. The van der Waals surface area contributed by atoms with Crippen molar-refractivity contribution in [2.24, 2.45) is 0 Å². The Morgan fingerprint density at radius 2 is 2.03 bits per heavy atom. The molecule has 5 rings (SSSR count). The predicted octanol–water partition coefficient (Wildman–Crippen LogP) is 2.43. The van der Waals surface area contributed by atoms with Gasteiger partial charge in [-0.1, -0.05) is 19.6 Å². The normalized spacial score (nSPS) is 23.5. The highest BCUT2D eigenvalue weighted by atomic mass is 32.2. The molecule has 2 aromatic rings. The first-order valence-corrected chi connectivity index (χ1v) is 13.8. The van der Waals surface area contributed by atoms with Gasteiger partial charge >= 0.3 is 6.03 Å². The third-order valence-corrected chi connectivity index (χ3v) is 8.23. The van der Waals surface area contributed by atoms with Crippen LogP contribution in [0, 0.1) is 0 Å². The van der Waals surface area contributed by atoms with Gasteiger partial charge in [0.25, 0.3) is 11.8 Å². The summed E-state index contributed by atoms with van der Waals surface area (Å²) in [7, 11) is 0. The van der Waals surface area contributed by atoms with Crippen molar-refractivity contribution in [2.75, 3.05) is 57.0 Å². The molecule has 4 amide bonds. The largest absolute Gasteiger partial charge is 0.456 e. The molecule has 2 saturated heterocycles. The minimum absolute atomic E-state index is 0.0520. The summed E-state index contributed by atoms with van der Waals surface area (Å²) < 4.78 is 6.11. The fourth-order valence-corrected chi connectivity index (χ4v) is 6.02. The fraction of sp³-hybridized carbons (Fsp3) is 0.462. The molecule has 0 aliphatic carbocycles. The summed E-state index contributed by atoms with van der Waals surface area (Å²) in [4.78, 5) is 50.4. The lowest BCUT2D eigenvalue weighted by Gasteiger charge is -2.34. The van der Waals surface area contributed by atoms with Crippen LogP contribution in [0.3, 0.4) is 0 Å². The number of pyridine rings is 1. The number of imide groups is 1. The van der Waals surface area contributed by atoms with Crippen LogP contribution in [-0.2, 0) is 15.1 Å². The molecular weight excluding hydrogens is 492 g/mol. The molecule has 2 fully saturated rings. The van der Waals surface area contributed by atoms with E-state index in [1.54, 1.807) is 17.0 Å². The molecule has 0 radical (unpaired) electrons. The highest BCUT2D eigenvalue weighted by molar-refractivity contribution is 8.03. The van der Waals surface area contributed by atoms with Crippen LogP contribution < -0.4 is 15.5 Å². The van der Waals surface area contributed by atoms with Gasteiger partial charge in [-0.2, -0.15) is 0 Å². The number of likely N-dealkylation sites (N-methyl/N-ethyl adjacent to an activating group) is 1. The average molecular weight is 525 g/mol. The molecule has 1 unspecified atom stereocenters. The number of hydrogen-bond donors (Lipinski definition) is 2. The zero-order chi connectivity index (χ0) is 26.2. The first-order valence-electron chi connectivity index (χ1n) is 12.6. The zero-order valence-corrected chi connectivity index (χ0v) is 22.0. The van der Waals surface area contributed by atoms with E-state index in [4.69, 9.17) is 9.40 Å². The maximum absolute atomic E-state index is 13.2. The first-order chi connectivity index (χ1) is 17.9. The lowest BCUT2D eigenvalue weighted by Crippen LogP contribution is -2.54. The van der Waals surface area contributed by atoms with E-state index in [-0.39, 0.29) is 18.2 Å². The van der Waals surface area contributed by atoms with Crippen LogP contribution in [-0.4, -0.2) is 84.7 Å². The molecule has 0 saturated carbocycles. The van der Waals surface area contributed by atoms with Gasteiger partial charge in [0.05, 0.1) is 11.4 Å². The van der Waals surface area contributed by atoms with E-state index in [0.29, 0.717) is 29.0 Å². The number of nitrogens with one attached hydrogen (secondary N) is 2. The summed E-state index contributed by atoms with van der Waals surface area (Å²) in [6.07, 6.45) is 5.22. The second-order valence-corrected chi connectivity index (χ2v) is 10.3. The molecule has 0 bridgehead atoms. The smallest absolute Gasteiger partial charge is 0.322 e. The number of nitrogens with zero attached hydrogens (tertiary/aromatic N) is 4. The summed E-state index contributed by atoms with van der Waals surface area (Å²) in [5, 5.41) is 5.07. The predicted molar refractivity (Wildman–Crippen MR) is 143 cm³/mol. The van der Waals surface area contributed by atoms with Crippen molar-refractivity contribution in [1.82, 2.24) is 25.4 Å². The molecule has 3 aliphatic rings. The maximum atomic E-state index is 13.2. The second-order valence-electron chi connectivity index (χ2n) is 9.49. The Morgan fingerprint density at radius 1 is 1.19 bits per heavy atom. The summed E-state index contributed by atoms with van der Waals surface area (Å²) in [6.45, 7) is 11.2. The molecule has 1 atom stereocenters. The number of thioether (sulfide) groups is 1. The van der Waals surface area contributed by atoms with E-state index in [2.05, 4.69) is 33.9 Å². The Bertz CT molecular complexity index is 1290. The van der Waals surface area contributed by atoms with Crippen LogP contribution in [0.5, 0.6) is 0 Å². The maximum Gasteiger partial charge on any atom is 0.322 e. The molecule has 0 spiro atoms. The SMILES string of the molecule is C=CC1=C(SC)C(=O)N(CC2(c3cc4nc(N5CCCN(CC)CC5)ccc4o3)NC(=O)NC2=O)CC1. The molecule has 10 nitrogen and oxygen atoms in total. The number of urea groups is 1. The number of hydrogen-bond acceptors (Lipinski definition) is 8. The summed E-state index contributed by atoms with van der Waals surface area (Å²) in [5.41, 5.74) is 0.452. The highest BCUT2D eigenvalue weighted by Gasteiger charge is 2.52. The lowest BCUT2D eigenvalue weighted by molar-refractivity contribution is -0.131. The molecule has 196 valence electrons. The van der Waals surface area contributed by atoms with Gasteiger partial charge in [-0.15, -0.1) is 11.8 Å². The first kappa shape index (κ1) is 25.3. The van der Waals surface area contributed by atoms with Crippen LogP contribution in [0.4, 0.5) is 10.6 Å². The van der Waals surface area contributed by atoms with Crippen molar-refractivity contribution in [3.8, 4) is 0 Å². The standard InChI is InChI=1S/C26H32N6O4S/c1-4-17-9-12-32(23(33)22(17)37-3)16-26(24(34)28-25(35)29-26)20-15-18-19(36-20)7-8-21(27-18)31-11-6-10-30(5-2)13-14-31/h4,7-8,15H,1,5-6,9-14,16H2,2-3H3,(H2,28,29,34,35). The zero-order valence-electron chi connectivity index (χ0n) is 21.2. The molecule has 0 aromatic carbocycles. The van der Waals surface area contributed by atoms with Gasteiger partial charge in [0, 0.05) is 32.2 Å². The summed E-state index contributed by atoms with van der Waals surface area (Å²) in [5.74, 6) is 0.354. The van der Waals surface area contributed by atoms with Crippen LogP contribution in [0.2, 0.25) is 0 Å². The van der Waals surface area contributed by atoms with Gasteiger partial charge < -0.3 is 24.4 Å². The third kappa shape index (κ3) is 4.61. The lowest BCUT2D eigenvalue weighted by atomic mass is 9.94. The molecular formula is C26H32N6O4S. The average Bonchev–Trinajstić information content (AvgIpc) is 3.35. The second kappa shape index (κ2) is 10.2. The number of anilines is 1. The van der Waals surface area contributed by atoms with Crippen molar-refractivity contribution < 1.29 is 18.8 Å². The Morgan fingerprint density at radius 3 is 2.73 bits per heavy atom. The van der Waals surface area contributed by atoms with Crippen molar-refractivity contribution in [1.29, 1.82) is 0 Å². The monoisotopic (exact) mass is 524 g/mol. The van der Waals surface area contributed by atoms with Crippen LogP contribution in [0.15, 0.2) is 45.7 Å². The van der Waals surface area contributed by atoms with E-state index in [1.807, 2.05) is 18.4 Å². The Labute approximate surface area is 220 Å². The number of rotatable bonds is 7. The van der Waals surface area contributed by atoms with Gasteiger partial charge in [-0.05, 0) is 49.9 Å². The minimum atomic E-state index is -1.55.